The number of amides is 1. The number of carbonyl (C=O) groups is 1. The van der Waals surface area contributed by atoms with Crippen LogP contribution in [0, 0.1) is 6.92 Å². The monoisotopic (exact) mass is 407 g/mol. The second-order valence-electron chi connectivity index (χ2n) is 6.93. The SMILES string of the molecule is Cc1nn(C(C)C)cc1C(=O)N[C@@H](C)c1nc(-c2cccc(C(F)(F)F)c2)no1. The molecule has 0 saturated heterocycles. The zero-order chi connectivity index (χ0) is 21.3. The van der Waals surface area contributed by atoms with E-state index in [1.54, 1.807) is 24.7 Å². The van der Waals surface area contributed by atoms with Crippen LogP contribution in [0.5, 0.6) is 0 Å². The number of benzene rings is 1. The minimum atomic E-state index is -4.47. The average molecular weight is 407 g/mol. The Morgan fingerprint density at radius 3 is 2.59 bits per heavy atom. The molecule has 1 atom stereocenters. The van der Waals surface area contributed by atoms with Gasteiger partial charge in [0.25, 0.3) is 5.91 Å². The molecule has 0 bridgehead atoms. The van der Waals surface area contributed by atoms with E-state index in [1.807, 2.05) is 13.8 Å². The molecule has 0 aliphatic rings. The molecule has 29 heavy (non-hydrogen) atoms. The van der Waals surface area contributed by atoms with E-state index in [1.165, 1.54) is 12.1 Å². The molecule has 7 nitrogen and oxygen atoms in total. The molecule has 10 heteroatoms. The van der Waals surface area contributed by atoms with E-state index in [-0.39, 0.29) is 29.2 Å². The molecule has 0 aliphatic carbocycles. The first-order chi connectivity index (χ1) is 13.6. The number of alkyl halides is 3. The predicted molar refractivity (Wildman–Crippen MR) is 98.0 cm³/mol. The van der Waals surface area contributed by atoms with Crippen molar-refractivity contribution in [3.63, 3.8) is 0 Å². The number of nitrogens with zero attached hydrogens (tertiary/aromatic N) is 4. The summed E-state index contributed by atoms with van der Waals surface area (Å²) in [4.78, 5) is 16.7. The molecule has 0 radical (unpaired) electrons. The molecule has 0 unspecified atom stereocenters. The Morgan fingerprint density at radius 1 is 1.24 bits per heavy atom. The summed E-state index contributed by atoms with van der Waals surface area (Å²) in [5.74, 6) is -0.267. The maximum Gasteiger partial charge on any atom is 0.416 e. The number of carbonyl (C=O) groups excluding carboxylic acids is 1. The molecule has 2 aromatic heterocycles. The number of aromatic nitrogens is 4. The lowest BCUT2D eigenvalue weighted by atomic mass is 10.1. The standard InChI is InChI=1S/C19H20F3N5O2/c1-10(2)27-9-15(11(3)25-27)17(28)23-12(4)18-24-16(26-29-18)13-6-5-7-14(8-13)19(20,21)22/h5-10,12H,1-4H3,(H,23,28)/t12-/m0/s1. The fourth-order valence-corrected chi connectivity index (χ4v) is 2.67. The van der Waals surface area contributed by atoms with Crippen LogP contribution in [0.1, 0.15) is 60.4 Å². The fraction of sp³-hybridized carbons (Fsp3) is 0.368. The summed E-state index contributed by atoms with van der Waals surface area (Å²) >= 11 is 0. The summed E-state index contributed by atoms with van der Waals surface area (Å²) in [6, 6.07) is 4.11. The van der Waals surface area contributed by atoms with Gasteiger partial charge in [-0.1, -0.05) is 17.3 Å². The van der Waals surface area contributed by atoms with Gasteiger partial charge in [-0.2, -0.15) is 23.3 Å². The normalized spacial score (nSPS) is 13.0. The van der Waals surface area contributed by atoms with Gasteiger partial charge in [0, 0.05) is 17.8 Å². The molecular weight excluding hydrogens is 387 g/mol. The van der Waals surface area contributed by atoms with Crippen molar-refractivity contribution in [1.29, 1.82) is 0 Å². The number of hydrogen-bond donors (Lipinski definition) is 1. The molecule has 154 valence electrons. The van der Waals surface area contributed by atoms with Crippen molar-refractivity contribution in [3.8, 4) is 11.4 Å². The Balaban J connectivity index is 1.76. The zero-order valence-electron chi connectivity index (χ0n) is 16.3. The number of hydrogen-bond acceptors (Lipinski definition) is 5. The van der Waals surface area contributed by atoms with Gasteiger partial charge in [-0.05, 0) is 39.8 Å². The average Bonchev–Trinajstić information content (AvgIpc) is 3.28. The van der Waals surface area contributed by atoms with Crippen molar-refractivity contribution in [2.75, 3.05) is 0 Å². The minimum Gasteiger partial charge on any atom is -0.340 e. The topological polar surface area (TPSA) is 85.8 Å². The van der Waals surface area contributed by atoms with Crippen LogP contribution in [0.4, 0.5) is 13.2 Å². The summed E-state index contributed by atoms with van der Waals surface area (Å²) in [7, 11) is 0. The maximum absolute atomic E-state index is 12.9. The second-order valence-corrected chi connectivity index (χ2v) is 6.93. The van der Waals surface area contributed by atoms with Gasteiger partial charge in [0.15, 0.2) is 0 Å². The fourth-order valence-electron chi connectivity index (χ4n) is 2.67. The van der Waals surface area contributed by atoms with Gasteiger partial charge in [-0.25, -0.2) is 0 Å². The zero-order valence-corrected chi connectivity index (χ0v) is 16.3. The van der Waals surface area contributed by atoms with E-state index in [4.69, 9.17) is 4.52 Å². The second kappa shape index (κ2) is 7.69. The number of halogens is 3. The Bertz CT molecular complexity index is 1020. The lowest BCUT2D eigenvalue weighted by Crippen LogP contribution is -2.27. The van der Waals surface area contributed by atoms with E-state index >= 15 is 0 Å². The summed E-state index contributed by atoms with van der Waals surface area (Å²) in [6.45, 7) is 7.27. The first-order valence-electron chi connectivity index (χ1n) is 8.94. The van der Waals surface area contributed by atoms with Crippen LogP contribution >= 0.6 is 0 Å². The van der Waals surface area contributed by atoms with Crippen LogP contribution in [0.3, 0.4) is 0 Å². The Labute approximate surface area is 164 Å². The van der Waals surface area contributed by atoms with Gasteiger partial charge < -0.3 is 9.84 Å². The highest BCUT2D eigenvalue weighted by Crippen LogP contribution is 2.31. The summed E-state index contributed by atoms with van der Waals surface area (Å²) in [5.41, 5.74) is 0.365. The van der Waals surface area contributed by atoms with E-state index in [9.17, 15) is 18.0 Å². The summed E-state index contributed by atoms with van der Waals surface area (Å²) in [5, 5.41) is 10.8. The lowest BCUT2D eigenvalue weighted by Gasteiger charge is -2.09. The van der Waals surface area contributed by atoms with E-state index in [2.05, 4.69) is 20.6 Å². The molecular formula is C19H20F3N5O2. The number of rotatable bonds is 5. The predicted octanol–water partition coefficient (Wildman–Crippen LogP) is 4.33. The maximum atomic E-state index is 12.9. The molecule has 0 aliphatic heterocycles. The third kappa shape index (κ3) is 4.47. The molecule has 3 rings (SSSR count). The first kappa shape index (κ1) is 20.6. The van der Waals surface area contributed by atoms with Crippen LogP contribution in [0.15, 0.2) is 35.0 Å². The number of aryl methyl sites for hydroxylation is 1. The Morgan fingerprint density at radius 2 is 1.97 bits per heavy atom. The highest BCUT2D eigenvalue weighted by Gasteiger charge is 2.31. The van der Waals surface area contributed by atoms with E-state index in [0.717, 1.165) is 12.1 Å². The van der Waals surface area contributed by atoms with E-state index < -0.39 is 17.8 Å². The quantitative estimate of drug-likeness (QED) is 0.680. The third-order valence-corrected chi connectivity index (χ3v) is 4.30. The summed E-state index contributed by atoms with van der Waals surface area (Å²) in [6.07, 6.45) is -2.81. The number of nitrogens with one attached hydrogen (secondary N) is 1. The largest absolute Gasteiger partial charge is 0.416 e. The van der Waals surface area contributed by atoms with Gasteiger partial charge in [0.05, 0.1) is 16.8 Å². The molecule has 0 spiro atoms. The van der Waals surface area contributed by atoms with Crippen molar-refractivity contribution in [2.45, 2.75) is 46.0 Å². The summed E-state index contributed by atoms with van der Waals surface area (Å²) < 4.78 is 45.5. The van der Waals surface area contributed by atoms with Crippen LogP contribution < -0.4 is 5.32 Å². The first-order valence-corrected chi connectivity index (χ1v) is 8.94. The van der Waals surface area contributed by atoms with Crippen LogP contribution in [0.2, 0.25) is 0 Å². The molecule has 1 N–H and O–H groups in total. The smallest absolute Gasteiger partial charge is 0.340 e. The van der Waals surface area contributed by atoms with Crippen molar-refractivity contribution in [3.05, 3.63) is 53.2 Å². The van der Waals surface area contributed by atoms with Gasteiger partial charge >= 0.3 is 6.18 Å². The van der Waals surface area contributed by atoms with Crippen molar-refractivity contribution < 1.29 is 22.5 Å². The molecule has 1 amide bonds. The van der Waals surface area contributed by atoms with Gasteiger partial charge in [0.1, 0.15) is 6.04 Å². The molecule has 3 aromatic rings. The third-order valence-electron chi connectivity index (χ3n) is 4.30. The minimum absolute atomic E-state index is 0.0102. The van der Waals surface area contributed by atoms with Crippen LogP contribution in [0.25, 0.3) is 11.4 Å². The Kier molecular flexibility index (Phi) is 5.45. The van der Waals surface area contributed by atoms with Crippen LogP contribution in [-0.4, -0.2) is 25.8 Å². The van der Waals surface area contributed by atoms with Crippen molar-refractivity contribution in [1.82, 2.24) is 25.2 Å². The molecule has 0 saturated carbocycles. The van der Waals surface area contributed by atoms with Gasteiger partial charge in [-0.3, -0.25) is 9.48 Å². The highest BCUT2D eigenvalue weighted by atomic mass is 19.4. The highest BCUT2D eigenvalue weighted by molar-refractivity contribution is 5.95. The van der Waals surface area contributed by atoms with Crippen LogP contribution in [-0.2, 0) is 6.18 Å². The van der Waals surface area contributed by atoms with Crippen molar-refractivity contribution >= 4 is 5.91 Å². The molecule has 2 heterocycles. The van der Waals surface area contributed by atoms with Gasteiger partial charge in [0.2, 0.25) is 11.7 Å². The Hall–Kier alpha value is -3.17. The molecule has 0 fully saturated rings. The molecule has 1 aromatic carbocycles. The van der Waals surface area contributed by atoms with Crippen molar-refractivity contribution in [2.24, 2.45) is 0 Å². The van der Waals surface area contributed by atoms with Gasteiger partial charge in [-0.15, -0.1) is 0 Å². The van der Waals surface area contributed by atoms with E-state index in [0.29, 0.717) is 11.3 Å². The lowest BCUT2D eigenvalue weighted by molar-refractivity contribution is -0.137.